The van der Waals surface area contributed by atoms with Crippen molar-refractivity contribution < 1.29 is 9.53 Å². The summed E-state index contributed by atoms with van der Waals surface area (Å²) in [7, 11) is 1.64. The van der Waals surface area contributed by atoms with Gasteiger partial charge in [-0.3, -0.25) is 4.79 Å². The summed E-state index contributed by atoms with van der Waals surface area (Å²) in [5.74, 6) is 0.826. The molecule has 0 saturated carbocycles. The van der Waals surface area contributed by atoms with E-state index in [1.807, 2.05) is 48.5 Å². The average molecular weight is 273 g/mol. The van der Waals surface area contributed by atoms with Gasteiger partial charge in [0.05, 0.1) is 7.11 Å². The van der Waals surface area contributed by atoms with Crippen LogP contribution in [0.15, 0.2) is 54.6 Å². The van der Waals surface area contributed by atoms with Crippen LogP contribution in [0.5, 0.6) is 5.75 Å². The van der Waals surface area contributed by atoms with E-state index in [1.165, 1.54) is 6.08 Å². The molecule has 0 unspecified atom stereocenters. The fourth-order valence-corrected chi connectivity index (χ4v) is 1.83. The zero-order chi connectivity index (χ0) is 13.7. The van der Waals surface area contributed by atoms with Gasteiger partial charge in [-0.25, -0.2) is 0 Å². The first-order valence-electron chi connectivity index (χ1n) is 5.81. The second-order valence-corrected chi connectivity index (χ2v) is 4.36. The number of ether oxygens (including phenoxy) is 1. The van der Waals surface area contributed by atoms with Crippen LogP contribution in [0, 0.1) is 0 Å². The Morgan fingerprint density at radius 1 is 1.11 bits per heavy atom. The Hall–Kier alpha value is -2.06. The summed E-state index contributed by atoms with van der Waals surface area (Å²) >= 11 is 5.28. The fraction of sp³-hybridized carbons (Fsp3) is 0.0625. The highest BCUT2D eigenvalue weighted by molar-refractivity contribution is 6.66. The van der Waals surface area contributed by atoms with Gasteiger partial charge in [-0.2, -0.15) is 0 Å². The maximum atomic E-state index is 10.7. The van der Waals surface area contributed by atoms with Gasteiger partial charge in [-0.05, 0) is 52.6 Å². The molecule has 0 aliphatic heterocycles. The third-order valence-corrected chi connectivity index (χ3v) is 2.84. The van der Waals surface area contributed by atoms with E-state index in [0.29, 0.717) is 0 Å². The Balaban J connectivity index is 2.29. The molecule has 2 aromatic carbocycles. The van der Waals surface area contributed by atoms with Crippen LogP contribution in [0.2, 0.25) is 0 Å². The van der Waals surface area contributed by atoms with E-state index in [2.05, 4.69) is 0 Å². The first-order valence-corrected chi connectivity index (χ1v) is 6.19. The first-order chi connectivity index (χ1) is 9.19. The molecule has 0 aliphatic carbocycles. The Morgan fingerprint density at radius 2 is 1.84 bits per heavy atom. The lowest BCUT2D eigenvalue weighted by Crippen LogP contribution is -1.83. The van der Waals surface area contributed by atoms with Crippen molar-refractivity contribution in [3.05, 3.63) is 60.2 Å². The molecular formula is C16H13ClO2. The van der Waals surface area contributed by atoms with E-state index in [1.54, 1.807) is 13.2 Å². The minimum atomic E-state index is -0.477. The number of carbonyl (C=O) groups excluding carboxylic acids is 1. The van der Waals surface area contributed by atoms with Crippen LogP contribution in [0.4, 0.5) is 0 Å². The number of allylic oxidation sites excluding steroid dienone is 1. The summed E-state index contributed by atoms with van der Waals surface area (Å²) in [5, 5.41) is -0.477. The zero-order valence-electron chi connectivity index (χ0n) is 10.5. The predicted octanol–water partition coefficient (Wildman–Crippen LogP) is 4.14. The van der Waals surface area contributed by atoms with Crippen molar-refractivity contribution in [1.29, 1.82) is 0 Å². The van der Waals surface area contributed by atoms with Gasteiger partial charge in [0.2, 0.25) is 5.24 Å². The third-order valence-electron chi connectivity index (χ3n) is 2.72. The van der Waals surface area contributed by atoms with E-state index in [0.717, 1.165) is 22.4 Å². The van der Waals surface area contributed by atoms with E-state index in [-0.39, 0.29) is 0 Å². The molecule has 0 amide bonds. The lowest BCUT2D eigenvalue weighted by atomic mass is 10.0. The van der Waals surface area contributed by atoms with Gasteiger partial charge >= 0.3 is 0 Å². The van der Waals surface area contributed by atoms with Crippen LogP contribution in [-0.4, -0.2) is 12.4 Å². The quantitative estimate of drug-likeness (QED) is 0.618. The molecule has 2 rings (SSSR count). The molecule has 96 valence electrons. The van der Waals surface area contributed by atoms with Crippen LogP contribution in [-0.2, 0) is 4.79 Å². The van der Waals surface area contributed by atoms with Gasteiger partial charge in [0, 0.05) is 0 Å². The number of methoxy groups -OCH3 is 1. The minimum Gasteiger partial charge on any atom is -0.497 e. The number of hydrogen-bond acceptors (Lipinski definition) is 2. The van der Waals surface area contributed by atoms with Gasteiger partial charge in [-0.1, -0.05) is 36.4 Å². The van der Waals surface area contributed by atoms with Gasteiger partial charge in [-0.15, -0.1) is 0 Å². The molecule has 0 saturated heterocycles. The SMILES string of the molecule is COc1ccc(-c2cccc(/C=C/C(=O)Cl)c2)cc1. The second kappa shape index (κ2) is 6.21. The highest BCUT2D eigenvalue weighted by Gasteiger charge is 1.99. The van der Waals surface area contributed by atoms with Crippen molar-refractivity contribution in [1.82, 2.24) is 0 Å². The maximum absolute atomic E-state index is 10.7. The van der Waals surface area contributed by atoms with Crippen molar-refractivity contribution in [3.8, 4) is 16.9 Å². The van der Waals surface area contributed by atoms with E-state index >= 15 is 0 Å². The summed E-state index contributed by atoms with van der Waals surface area (Å²) < 4.78 is 5.13. The maximum Gasteiger partial charge on any atom is 0.245 e. The van der Waals surface area contributed by atoms with Crippen LogP contribution in [0.1, 0.15) is 5.56 Å². The molecule has 0 spiro atoms. The Morgan fingerprint density at radius 3 is 2.47 bits per heavy atom. The standard InChI is InChI=1S/C16H13ClO2/c1-19-15-8-6-13(7-9-15)14-4-2-3-12(11-14)5-10-16(17)18/h2-11H,1H3/b10-5+. The van der Waals surface area contributed by atoms with Crippen molar-refractivity contribution in [3.63, 3.8) is 0 Å². The summed E-state index contributed by atoms with van der Waals surface area (Å²) in [6.07, 6.45) is 3.04. The highest BCUT2D eigenvalue weighted by atomic mass is 35.5. The number of rotatable bonds is 4. The van der Waals surface area contributed by atoms with E-state index in [4.69, 9.17) is 16.3 Å². The van der Waals surface area contributed by atoms with Crippen molar-refractivity contribution in [2.75, 3.05) is 7.11 Å². The number of carbonyl (C=O) groups is 1. The van der Waals surface area contributed by atoms with E-state index < -0.39 is 5.24 Å². The Labute approximate surface area is 117 Å². The molecule has 0 fully saturated rings. The minimum absolute atomic E-state index is 0.477. The topological polar surface area (TPSA) is 26.3 Å². The molecule has 0 radical (unpaired) electrons. The number of halogens is 1. The lowest BCUT2D eigenvalue weighted by molar-refractivity contribution is -0.107. The summed E-state index contributed by atoms with van der Waals surface area (Å²) in [6.45, 7) is 0. The summed E-state index contributed by atoms with van der Waals surface area (Å²) in [6, 6.07) is 15.7. The Bertz CT molecular complexity index is 600. The molecule has 0 aromatic heterocycles. The molecule has 2 aromatic rings. The van der Waals surface area contributed by atoms with Crippen molar-refractivity contribution in [2.45, 2.75) is 0 Å². The van der Waals surface area contributed by atoms with Gasteiger partial charge in [0.15, 0.2) is 0 Å². The van der Waals surface area contributed by atoms with Crippen LogP contribution >= 0.6 is 11.6 Å². The molecule has 2 nitrogen and oxygen atoms in total. The van der Waals surface area contributed by atoms with Gasteiger partial charge < -0.3 is 4.74 Å². The zero-order valence-corrected chi connectivity index (χ0v) is 11.2. The molecule has 0 heterocycles. The Kier molecular flexibility index (Phi) is 4.37. The van der Waals surface area contributed by atoms with Crippen molar-refractivity contribution >= 4 is 22.9 Å². The van der Waals surface area contributed by atoms with Crippen LogP contribution in [0.25, 0.3) is 17.2 Å². The van der Waals surface area contributed by atoms with Crippen LogP contribution < -0.4 is 4.74 Å². The summed E-state index contributed by atoms with van der Waals surface area (Å²) in [5.41, 5.74) is 3.10. The largest absolute Gasteiger partial charge is 0.497 e. The molecule has 3 heteroatoms. The molecule has 19 heavy (non-hydrogen) atoms. The average Bonchev–Trinajstić information content (AvgIpc) is 2.45. The predicted molar refractivity (Wildman–Crippen MR) is 78.3 cm³/mol. The van der Waals surface area contributed by atoms with Crippen LogP contribution in [0.3, 0.4) is 0 Å². The third kappa shape index (κ3) is 3.70. The molecule has 0 atom stereocenters. The molecule has 0 N–H and O–H groups in total. The molecular weight excluding hydrogens is 260 g/mol. The molecule has 0 aliphatic rings. The van der Waals surface area contributed by atoms with Gasteiger partial charge in [0.1, 0.15) is 5.75 Å². The first kappa shape index (κ1) is 13.4. The fourth-order valence-electron chi connectivity index (χ4n) is 1.77. The van der Waals surface area contributed by atoms with E-state index in [9.17, 15) is 4.79 Å². The molecule has 0 bridgehead atoms. The number of benzene rings is 2. The second-order valence-electron chi connectivity index (χ2n) is 3.99. The summed E-state index contributed by atoms with van der Waals surface area (Å²) in [4.78, 5) is 10.7. The van der Waals surface area contributed by atoms with Crippen molar-refractivity contribution in [2.24, 2.45) is 0 Å². The smallest absolute Gasteiger partial charge is 0.245 e. The lowest BCUT2D eigenvalue weighted by Gasteiger charge is -2.04. The highest BCUT2D eigenvalue weighted by Crippen LogP contribution is 2.23. The monoisotopic (exact) mass is 272 g/mol. The van der Waals surface area contributed by atoms with Gasteiger partial charge in [0.25, 0.3) is 0 Å². The number of hydrogen-bond donors (Lipinski definition) is 0. The normalized spacial score (nSPS) is 10.6.